The number of nitro groups is 1. The Kier molecular flexibility index (Phi) is 6.39. The second-order valence-corrected chi connectivity index (χ2v) is 6.64. The molecular weight excluding hydrogens is 360 g/mol. The number of allylic oxidation sites excluding steroid dienone is 1. The van der Waals surface area contributed by atoms with E-state index in [0.717, 1.165) is 30.0 Å². The van der Waals surface area contributed by atoms with Crippen LogP contribution in [0.15, 0.2) is 48.5 Å². The number of nitrogens with zero attached hydrogens (tertiary/aromatic N) is 2. The molecule has 0 spiro atoms. The minimum absolute atomic E-state index is 0.0216. The lowest BCUT2D eigenvalue weighted by molar-refractivity contribution is -0.384. The van der Waals surface area contributed by atoms with Crippen LogP contribution >= 0.6 is 0 Å². The van der Waals surface area contributed by atoms with Gasteiger partial charge in [0.1, 0.15) is 0 Å². The summed E-state index contributed by atoms with van der Waals surface area (Å²) in [6, 6.07) is 12.0. The van der Waals surface area contributed by atoms with Crippen molar-refractivity contribution in [1.29, 1.82) is 0 Å². The van der Waals surface area contributed by atoms with E-state index in [1.165, 1.54) is 23.8 Å². The summed E-state index contributed by atoms with van der Waals surface area (Å²) in [5.74, 6) is 1.59. The molecule has 1 aliphatic rings. The average Bonchev–Trinajstić information content (AvgIpc) is 3.17. The molecule has 0 fully saturated rings. The SMILES string of the molecule is CN(CCC(=O)/C=C\c1ccc([N+](=O)[O-])cc1)CCc1ccc2c(c1)OCO2. The highest BCUT2D eigenvalue weighted by molar-refractivity contribution is 5.93. The number of benzene rings is 2. The highest BCUT2D eigenvalue weighted by atomic mass is 16.7. The molecule has 1 aliphatic heterocycles. The fraction of sp³-hybridized carbons (Fsp3) is 0.286. The zero-order chi connectivity index (χ0) is 19.9. The van der Waals surface area contributed by atoms with Gasteiger partial charge in [-0.05, 0) is 54.9 Å². The Morgan fingerprint density at radius 3 is 2.64 bits per heavy atom. The number of ether oxygens (including phenoxy) is 2. The van der Waals surface area contributed by atoms with Crippen LogP contribution < -0.4 is 9.47 Å². The zero-order valence-electron chi connectivity index (χ0n) is 15.7. The van der Waals surface area contributed by atoms with E-state index in [2.05, 4.69) is 4.90 Å². The van der Waals surface area contributed by atoms with Crippen molar-refractivity contribution in [3.63, 3.8) is 0 Å². The van der Waals surface area contributed by atoms with Gasteiger partial charge in [-0.1, -0.05) is 12.1 Å². The summed E-state index contributed by atoms with van der Waals surface area (Å²) >= 11 is 0. The molecule has 0 saturated heterocycles. The van der Waals surface area contributed by atoms with E-state index in [4.69, 9.17) is 9.47 Å². The fourth-order valence-electron chi connectivity index (χ4n) is 2.81. The molecule has 0 atom stereocenters. The highest BCUT2D eigenvalue weighted by Gasteiger charge is 2.13. The largest absolute Gasteiger partial charge is 0.454 e. The predicted molar refractivity (Wildman–Crippen MR) is 106 cm³/mol. The summed E-state index contributed by atoms with van der Waals surface area (Å²) in [4.78, 5) is 24.4. The van der Waals surface area contributed by atoms with Crippen LogP contribution in [0, 0.1) is 10.1 Å². The van der Waals surface area contributed by atoms with Crippen molar-refractivity contribution in [2.45, 2.75) is 12.8 Å². The number of non-ortho nitro benzene ring substituents is 1. The Morgan fingerprint density at radius 2 is 1.89 bits per heavy atom. The molecule has 0 radical (unpaired) electrons. The van der Waals surface area contributed by atoms with Crippen LogP contribution in [0.25, 0.3) is 6.08 Å². The second kappa shape index (κ2) is 9.14. The minimum Gasteiger partial charge on any atom is -0.454 e. The number of ketones is 1. The molecule has 0 unspecified atom stereocenters. The molecule has 0 aliphatic carbocycles. The van der Waals surface area contributed by atoms with Crippen LogP contribution in [0.5, 0.6) is 11.5 Å². The van der Waals surface area contributed by atoms with Crippen LogP contribution in [0.1, 0.15) is 17.5 Å². The molecule has 7 heteroatoms. The molecule has 2 aromatic carbocycles. The molecule has 2 aromatic rings. The van der Waals surface area contributed by atoms with Crippen molar-refractivity contribution in [1.82, 2.24) is 4.90 Å². The quantitative estimate of drug-likeness (QED) is 0.375. The number of fused-ring (bicyclic) bond motifs is 1. The normalized spacial score (nSPS) is 12.6. The molecule has 0 bridgehead atoms. The van der Waals surface area contributed by atoms with Gasteiger partial charge < -0.3 is 14.4 Å². The van der Waals surface area contributed by atoms with Gasteiger partial charge in [0, 0.05) is 31.6 Å². The van der Waals surface area contributed by atoms with Gasteiger partial charge in [-0.25, -0.2) is 0 Å². The summed E-state index contributed by atoms with van der Waals surface area (Å²) in [5.41, 5.74) is 1.96. The van der Waals surface area contributed by atoms with E-state index in [1.54, 1.807) is 18.2 Å². The van der Waals surface area contributed by atoms with E-state index >= 15 is 0 Å². The maximum atomic E-state index is 12.0. The second-order valence-electron chi connectivity index (χ2n) is 6.64. The molecule has 0 saturated carbocycles. The van der Waals surface area contributed by atoms with E-state index in [-0.39, 0.29) is 18.3 Å². The molecule has 0 amide bonds. The van der Waals surface area contributed by atoms with Crippen molar-refractivity contribution in [3.05, 3.63) is 69.8 Å². The first kappa shape index (κ1) is 19.6. The first-order valence-electron chi connectivity index (χ1n) is 9.04. The molecule has 3 rings (SSSR count). The van der Waals surface area contributed by atoms with Gasteiger partial charge in [0.15, 0.2) is 17.3 Å². The number of nitro benzene ring substituents is 1. The van der Waals surface area contributed by atoms with Crippen LogP contribution in [0.4, 0.5) is 5.69 Å². The van der Waals surface area contributed by atoms with Crippen molar-refractivity contribution >= 4 is 17.5 Å². The number of hydrogen-bond acceptors (Lipinski definition) is 6. The highest BCUT2D eigenvalue weighted by Crippen LogP contribution is 2.32. The summed E-state index contributed by atoms with van der Waals surface area (Å²) in [5, 5.41) is 10.6. The lowest BCUT2D eigenvalue weighted by Gasteiger charge is -2.15. The molecule has 0 aromatic heterocycles. The lowest BCUT2D eigenvalue weighted by atomic mass is 10.1. The maximum Gasteiger partial charge on any atom is 0.269 e. The van der Waals surface area contributed by atoms with Crippen molar-refractivity contribution in [3.8, 4) is 11.5 Å². The smallest absolute Gasteiger partial charge is 0.269 e. The van der Waals surface area contributed by atoms with Gasteiger partial charge in [0.2, 0.25) is 6.79 Å². The van der Waals surface area contributed by atoms with Gasteiger partial charge in [-0.15, -0.1) is 0 Å². The van der Waals surface area contributed by atoms with Crippen LogP contribution in [-0.2, 0) is 11.2 Å². The van der Waals surface area contributed by atoms with Gasteiger partial charge in [0.05, 0.1) is 4.92 Å². The molecule has 1 heterocycles. The third-order valence-electron chi connectivity index (χ3n) is 4.52. The number of likely N-dealkylation sites (N-methyl/N-ethyl adjacent to an activating group) is 1. The third kappa shape index (κ3) is 5.40. The Labute approximate surface area is 163 Å². The summed E-state index contributed by atoms with van der Waals surface area (Å²) in [6.07, 6.45) is 4.48. The Hall–Kier alpha value is -3.19. The summed E-state index contributed by atoms with van der Waals surface area (Å²) in [7, 11) is 1.99. The van der Waals surface area contributed by atoms with Crippen LogP contribution in [0.3, 0.4) is 0 Å². The maximum absolute atomic E-state index is 12.0. The van der Waals surface area contributed by atoms with E-state index in [9.17, 15) is 14.9 Å². The standard InChI is InChI=1S/C21H22N2O5/c1-22(12-10-17-5-9-20-21(14-17)28-15-27-20)13-11-19(24)8-4-16-2-6-18(7-3-16)23(25)26/h2-9,14H,10-13,15H2,1H3/b8-4-. The van der Waals surface area contributed by atoms with E-state index < -0.39 is 4.92 Å². The summed E-state index contributed by atoms with van der Waals surface area (Å²) in [6.45, 7) is 1.77. The Balaban J connectivity index is 1.40. The van der Waals surface area contributed by atoms with Gasteiger partial charge in [0.25, 0.3) is 5.69 Å². The van der Waals surface area contributed by atoms with Crippen LogP contribution in [0.2, 0.25) is 0 Å². The fourth-order valence-corrected chi connectivity index (χ4v) is 2.81. The molecule has 146 valence electrons. The first-order chi connectivity index (χ1) is 13.5. The average molecular weight is 382 g/mol. The van der Waals surface area contributed by atoms with Crippen molar-refractivity contribution < 1.29 is 19.2 Å². The van der Waals surface area contributed by atoms with E-state index in [1.807, 2.05) is 25.2 Å². The van der Waals surface area contributed by atoms with Crippen molar-refractivity contribution in [2.24, 2.45) is 0 Å². The Bertz CT molecular complexity index is 877. The molecular formula is C21H22N2O5. The van der Waals surface area contributed by atoms with E-state index in [0.29, 0.717) is 13.0 Å². The first-order valence-corrected chi connectivity index (χ1v) is 9.04. The third-order valence-corrected chi connectivity index (χ3v) is 4.52. The van der Waals surface area contributed by atoms with Gasteiger partial charge in [-0.2, -0.15) is 0 Å². The minimum atomic E-state index is -0.446. The van der Waals surface area contributed by atoms with Gasteiger partial charge in [-0.3, -0.25) is 14.9 Å². The number of carbonyl (C=O) groups excluding carboxylic acids is 1. The Morgan fingerprint density at radius 1 is 1.14 bits per heavy atom. The topological polar surface area (TPSA) is 81.9 Å². The van der Waals surface area contributed by atoms with Crippen molar-refractivity contribution in [2.75, 3.05) is 26.9 Å². The lowest BCUT2D eigenvalue weighted by Crippen LogP contribution is -2.24. The zero-order valence-corrected chi connectivity index (χ0v) is 15.7. The number of carbonyl (C=O) groups is 1. The summed E-state index contributed by atoms with van der Waals surface area (Å²) < 4.78 is 10.7. The molecule has 7 nitrogen and oxygen atoms in total. The van der Waals surface area contributed by atoms with Crippen LogP contribution in [-0.4, -0.2) is 42.5 Å². The number of rotatable bonds is 9. The van der Waals surface area contributed by atoms with Gasteiger partial charge >= 0.3 is 0 Å². The number of hydrogen-bond donors (Lipinski definition) is 0. The predicted octanol–water partition coefficient (Wildman–Crippen LogP) is 3.47. The molecule has 0 N–H and O–H groups in total. The monoisotopic (exact) mass is 382 g/mol. The molecule has 28 heavy (non-hydrogen) atoms.